The minimum atomic E-state index is -0.719. The number of benzene rings is 1. The molecule has 1 fully saturated rings. The predicted octanol–water partition coefficient (Wildman–Crippen LogP) is 1.98. The summed E-state index contributed by atoms with van der Waals surface area (Å²) in [6.45, 7) is 3.37. The van der Waals surface area contributed by atoms with Crippen LogP contribution in [0, 0.1) is 6.92 Å². The molecule has 2 heterocycles. The number of hydrogen-bond acceptors (Lipinski definition) is 3. The van der Waals surface area contributed by atoms with E-state index in [9.17, 15) is 9.90 Å². The molecule has 0 unspecified atom stereocenters. The van der Waals surface area contributed by atoms with E-state index in [0.717, 1.165) is 46.6 Å². The summed E-state index contributed by atoms with van der Waals surface area (Å²) in [5.74, 6) is 1.05. The second kappa shape index (κ2) is 3.44. The lowest BCUT2D eigenvalue weighted by Gasteiger charge is -2.20. The minimum Gasteiger partial charge on any atom is -0.493 e. The van der Waals surface area contributed by atoms with Crippen LogP contribution in [0.1, 0.15) is 35.1 Å². The number of ether oxygens (including phenoxy) is 2. The summed E-state index contributed by atoms with van der Waals surface area (Å²) in [6, 6.07) is 0. The van der Waals surface area contributed by atoms with Crippen LogP contribution in [0.25, 0.3) is 0 Å². The molecule has 4 rings (SSSR count). The summed E-state index contributed by atoms with van der Waals surface area (Å²) in [5.41, 5.74) is 3.59. The fraction of sp³-hybridized carbons (Fsp3) is 0.533. The van der Waals surface area contributed by atoms with Crippen molar-refractivity contribution in [2.45, 2.75) is 38.0 Å². The lowest BCUT2D eigenvalue weighted by Crippen LogP contribution is -2.22. The van der Waals surface area contributed by atoms with Crippen molar-refractivity contribution in [3.63, 3.8) is 0 Å². The second-order valence-electron chi connectivity index (χ2n) is 5.70. The van der Waals surface area contributed by atoms with Crippen LogP contribution in [0.3, 0.4) is 0 Å². The Kier molecular flexibility index (Phi) is 2.02. The van der Waals surface area contributed by atoms with Crippen LogP contribution in [0.4, 0.5) is 0 Å². The van der Waals surface area contributed by atoms with Crippen LogP contribution in [0.2, 0.25) is 0 Å². The normalized spacial score (nSPS) is 21.3. The zero-order valence-electron chi connectivity index (χ0n) is 10.9. The van der Waals surface area contributed by atoms with Crippen LogP contribution in [0.5, 0.6) is 11.5 Å². The largest absolute Gasteiger partial charge is 0.493 e. The zero-order chi connectivity index (χ0) is 13.2. The molecule has 1 aromatic rings. The van der Waals surface area contributed by atoms with E-state index in [-0.39, 0.29) is 0 Å². The van der Waals surface area contributed by atoms with Gasteiger partial charge >= 0.3 is 5.97 Å². The van der Waals surface area contributed by atoms with E-state index in [2.05, 4.69) is 6.92 Å². The van der Waals surface area contributed by atoms with Gasteiger partial charge in [-0.25, -0.2) is 0 Å². The highest BCUT2D eigenvalue weighted by Gasteiger charge is 2.56. The maximum Gasteiger partial charge on any atom is 0.314 e. The SMILES string of the molecule is Cc1c2c(c(C3(C(=O)O)CC3)c3c1OCC3)OCC2. The Balaban J connectivity index is 2.03. The highest BCUT2D eigenvalue weighted by Crippen LogP contribution is 2.57. The third-order valence-electron chi connectivity index (χ3n) is 4.71. The number of carboxylic acids is 1. The summed E-state index contributed by atoms with van der Waals surface area (Å²) < 4.78 is 11.5. The molecule has 0 amide bonds. The van der Waals surface area contributed by atoms with Gasteiger partial charge in [0.15, 0.2) is 0 Å². The molecule has 0 bridgehead atoms. The number of aliphatic carboxylic acids is 1. The monoisotopic (exact) mass is 260 g/mol. The molecule has 1 aliphatic carbocycles. The van der Waals surface area contributed by atoms with Crippen LogP contribution in [-0.4, -0.2) is 24.3 Å². The number of hydrogen-bond donors (Lipinski definition) is 1. The number of carbonyl (C=O) groups is 1. The minimum absolute atomic E-state index is 0.655. The van der Waals surface area contributed by atoms with Crippen LogP contribution in [-0.2, 0) is 23.1 Å². The average Bonchev–Trinajstić information content (AvgIpc) is 2.85. The maximum atomic E-state index is 11.7. The van der Waals surface area contributed by atoms with Gasteiger partial charge in [0.05, 0.1) is 18.6 Å². The van der Waals surface area contributed by atoms with Crippen molar-refractivity contribution in [1.82, 2.24) is 0 Å². The quantitative estimate of drug-likeness (QED) is 0.883. The highest BCUT2D eigenvalue weighted by molar-refractivity contribution is 5.88. The van der Waals surface area contributed by atoms with Crippen molar-refractivity contribution in [3.05, 3.63) is 22.3 Å². The highest BCUT2D eigenvalue weighted by atomic mass is 16.5. The van der Waals surface area contributed by atoms with Gasteiger partial charge in [-0.15, -0.1) is 0 Å². The van der Waals surface area contributed by atoms with Crippen LogP contribution in [0.15, 0.2) is 0 Å². The van der Waals surface area contributed by atoms with Gasteiger partial charge in [0, 0.05) is 29.5 Å². The first-order chi connectivity index (χ1) is 9.15. The maximum absolute atomic E-state index is 11.7. The van der Waals surface area contributed by atoms with Crippen molar-refractivity contribution in [2.75, 3.05) is 13.2 Å². The molecular formula is C15H16O4. The van der Waals surface area contributed by atoms with Gasteiger partial charge in [-0.2, -0.15) is 0 Å². The molecule has 100 valence electrons. The summed E-state index contributed by atoms with van der Waals surface area (Å²) >= 11 is 0. The van der Waals surface area contributed by atoms with Gasteiger partial charge < -0.3 is 14.6 Å². The summed E-state index contributed by atoms with van der Waals surface area (Å²) in [6.07, 6.45) is 3.10. The Morgan fingerprint density at radius 3 is 2.37 bits per heavy atom. The third-order valence-corrected chi connectivity index (χ3v) is 4.71. The molecule has 1 aromatic carbocycles. The van der Waals surface area contributed by atoms with Crippen molar-refractivity contribution in [1.29, 1.82) is 0 Å². The van der Waals surface area contributed by atoms with Crippen molar-refractivity contribution in [2.24, 2.45) is 0 Å². The number of rotatable bonds is 2. The van der Waals surface area contributed by atoms with Gasteiger partial charge in [0.2, 0.25) is 0 Å². The van der Waals surface area contributed by atoms with E-state index in [1.165, 1.54) is 0 Å². The Labute approximate surface area is 111 Å². The van der Waals surface area contributed by atoms with Crippen molar-refractivity contribution < 1.29 is 19.4 Å². The smallest absolute Gasteiger partial charge is 0.314 e. The molecule has 0 saturated heterocycles. The van der Waals surface area contributed by atoms with Gasteiger partial charge in [0.25, 0.3) is 0 Å². The molecule has 0 radical (unpaired) electrons. The average molecular weight is 260 g/mol. The molecular weight excluding hydrogens is 244 g/mol. The van der Waals surface area contributed by atoms with Gasteiger partial charge in [-0.3, -0.25) is 4.79 Å². The molecule has 0 spiro atoms. The Morgan fingerprint density at radius 1 is 1.11 bits per heavy atom. The van der Waals surface area contributed by atoms with E-state index in [1.807, 2.05) is 0 Å². The third kappa shape index (κ3) is 1.26. The van der Waals surface area contributed by atoms with E-state index >= 15 is 0 Å². The molecule has 1 saturated carbocycles. The van der Waals surface area contributed by atoms with E-state index in [0.29, 0.717) is 26.1 Å². The Morgan fingerprint density at radius 2 is 1.74 bits per heavy atom. The molecule has 4 nitrogen and oxygen atoms in total. The van der Waals surface area contributed by atoms with Gasteiger partial charge in [-0.05, 0) is 25.3 Å². The molecule has 19 heavy (non-hydrogen) atoms. The zero-order valence-corrected chi connectivity index (χ0v) is 10.9. The van der Waals surface area contributed by atoms with Gasteiger partial charge in [-0.1, -0.05) is 0 Å². The molecule has 2 aliphatic heterocycles. The summed E-state index contributed by atoms with van der Waals surface area (Å²) in [5, 5.41) is 9.59. The van der Waals surface area contributed by atoms with Crippen molar-refractivity contribution in [3.8, 4) is 11.5 Å². The lowest BCUT2D eigenvalue weighted by molar-refractivity contribution is -0.140. The molecule has 3 aliphatic rings. The Bertz CT molecular complexity index is 564. The molecule has 0 atom stereocenters. The fourth-order valence-electron chi connectivity index (χ4n) is 3.54. The van der Waals surface area contributed by atoms with E-state index in [4.69, 9.17) is 9.47 Å². The standard InChI is InChI=1S/C15H16O4/c1-8-9-2-6-19-13(9)11(10-3-7-18-12(8)10)15(4-5-15)14(16)17/h2-7H2,1H3,(H,16,17). The summed E-state index contributed by atoms with van der Waals surface area (Å²) in [7, 11) is 0. The first kappa shape index (κ1) is 11.1. The Hall–Kier alpha value is -1.71. The fourth-order valence-corrected chi connectivity index (χ4v) is 3.54. The van der Waals surface area contributed by atoms with Crippen LogP contribution >= 0.6 is 0 Å². The van der Waals surface area contributed by atoms with Crippen molar-refractivity contribution >= 4 is 5.97 Å². The topological polar surface area (TPSA) is 55.8 Å². The van der Waals surface area contributed by atoms with Gasteiger partial charge in [0.1, 0.15) is 11.5 Å². The number of fused-ring (bicyclic) bond motifs is 2. The number of carboxylic acid groups (broad SMARTS) is 1. The van der Waals surface area contributed by atoms with E-state index < -0.39 is 11.4 Å². The predicted molar refractivity (Wildman–Crippen MR) is 68.1 cm³/mol. The molecule has 4 heteroatoms. The van der Waals surface area contributed by atoms with Crippen LogP contribution < -0.4 is 9.47 Å². The molecule has 0 aromatic heterocycles. The van der Waals surface area contributed by atoms with E-state index in [1.54, 1.807) is 0 Å². The first-order valence-corrected chi connectivity index (χ1v) is 6.83. The lowest BCUT2D eigenvalue weighted by atomic mass is 9.85. The second-order valence-corrected chi connectivity index (χ2v) is 5.70. The summed E-state index contributed by atoms with van der Waals surface area (Å²) in [4.78, 5) is 11.7. The first-order valence-electron chi connectivity index (χ1n) is 6.83. The molecule has 1 N–H and O–H groups in total.